The summed E-state index contributed by atoms with van der Waals surface area (Å²) in [6.07, 6.45) is 1.98. The summed E-state index contributed by atoms with van der Waals surface area (Å²) < 4.78 is 34.6. The number of benzene rings is 1. The molecular weight excluding hydrogens is 434 g/mol. The molecule has 0 amide bonds. The number of nitro groups is 1. The Balaban J connectivity index is 1.35. The number of halogens is 2. The predicted octanol–water partition coefficient (Wildman–Crippen LogP) is 3.21. The van der Waals surface area contributed by atoms with E-state index in [0.29, 0.717) is 43.9 Å². The molecule has 11 heteroatoms. The molecule has 168 valence electrons. The summed E-state index contributed by atoms with van der Waals surface area (Å²) in [4.78, 5) is 21.0. The first-order valence-corrected chi connectivity index (χ1v) is 10.3. The van der Waals surface area contributed by atoms with E-state index < -0.39 is 22.2 Å². The summed E-state index contributed by atoms with van der Waals surface area (Å²) in [5.74, 6) is -2.19. The second-order valence-corrected chi connectivity index (χ2v) is 8.51. The normalized spacial score (nSPS) is 19.5. The molecular formula is C22H18F2N6O3. The maximum atomic E-state index is 13.7. The van der Waals surface area contributed by atoms with Crippen molar-refractivity contribution >= 4 is 5.82 Å². The Morgan fingerprint density at radius 2 is 2.12 bits per heavy atom. The summed E-state index contributed by atoms with van der Waals surface area (Å²) in [7, 11) is 0. The largest absolute Gasteiger partial charge is 0.436 e. The molecule has 3 aromatic rings. The highest BCUT2D eigenvalue weighted by Gasteiger charge is 2.42. The highest BCUT2D eigenvalue weighted by atomic mass is 19.2. The summed E-state index contributed by atoms with van der Waals surface area (Å²) in [6.45, 7) is 4.13. The molecule has 2 aromatic heterocycles. The number of aromatic nitrogens is 3. The molecule has 0 spiro atoms. The van der Waals surface area contributed by atoms with Gasteiger partial charge in [-0.25, -0.2) is 8.78 Å². The zero-order valence-corrected chi connectivity index (χ0v) is 17.6. The second-order valence-electron chi connectivity index (χ2n) is 8.51. The number of hydrogen-bond donors (Lipinski definition) is 0. The molecule has 1 atom stereocenters. The van der Waals surface area contributed by atoms with Crippen LogP contribution in [0.4, 0.5) is 14.6 Å². The zero-order valence-electron chi connectivity index (χ0n) is 17.6. The number of imidazole rings is 1. The van der Waals surface area contributed by atoms with Gasteiger partial charge in [-0.05, 0) is 41.7 Å². The summed E-state index contributed by atoms with van der Waals surface area (Å²) in [5, 5.41) is 20.5. The first-order chi connectivity index (χ1) is 15.7. The predicted molar refractivity (Wildman–Crippen MR) is 111 cm³/mol. The average Bonchev–Trinajstić information content (AvgIpc) is 3.29. The van der Waals surface area contributed by atoms with Crippen LogP contribution in [-0.4, -0.2) is 43.0 Å². The fourth-order valence-corrected chi connectivity index (χ4v) is 4.45. The lowest BCUT2D eigenvalue weighted by Crippen LogP contribution is -2.46. The smallest absolute Gasteiger partial charge is 0.415 e. The standard InChI is InChI=1S/C22H18F2N6O3/c1-22(12-29-10-19(30(31)32)27-21(29)33-22)11-28-5-4-18-15(9-28)6-14(8-25)20(26-18)13-2-3-16(23)17(24)7-13/h2-3,6-7,10H,4-5,9,11-12H2,1H3. The lowest BCUT2D eigenvalue weighted by Gasteiger charge is -2.34. The number of nitrogens with zero attached hydrogens (tertiary/aromatic N) is 6. The van der Waals surface area contributed by atoms with Crippen molar-refractivity contribution in [3.05, 3.63) is 69.0 Å². The molecule has 2 aliphatic heterocycles. The minimum atomic E-state index is -0.989. The van der Waals surface area contributed by atoms with Crippen LogP contribution in [0.3, 0.4) is 0 Å². The van der Waals surface area contributed by atoms with Crippen LogP contribution in [0.5, 0.6) is 6.01 Å². The molecule has 0 saturated heterocycles. The minimum absolute atomic E-state index is 0.228. The third-order valence-corrected chi connectivity index (χ3v) is 5.88. The van der Waals surface area contributed by atoms with Gasteiger partial charge in [0.05, 0.1) is 17.8 Å². The number of pyridine rings is 1. The van der Waals surface area contributed by atoms with Gasteiger partial charge in [-0.15, -0.1) is 0 Å². The Bertz CT molecular complexity index is 1310. The molecule has 0 bridgehead atoms. The van der Waals surface area contributed by atoms with Crippen molar-refractivity contribution < 1.29 is 18.4 Å². The summed E-state index contributed by atoms with van der Waals surface area (Å²) in [5.41, 5.74) is 2.07. The molecule has 0 radical (unpaired) electrons. The maximum Gasteiger partial charge on any atom is 0.415 e. The summed E-state index contributed by atoms with van der Waals surface area (Å²) >= 11 is 0. The van der Waals surface area contributed by atoms with Gasteiger partial charge in [0, 0.05) is 42.3 Å². The fraction of sp³-hybridized carbons (Fsp3) is 0.318. The van der Waals surface area contributed by atoms with E-state index in [1.165, 1.54) is 12.3 Å². The SMILES string of the molecule is CC1(CN2CCc3nc(-c4ccc(F)c(F)c4)c(C#N)cc3C2)Cn2cc([N+](=O)[O-])nc2O1. The van der Waals surface area contributed by atoms with Crippen LogP contribution in [0.25, 0.3) is 11.3 Å². The van der Waals surface area contributed by atoms with Crippen LogP contribution in [-0.2, 0) is 19.5 Å². The maximum absolute atomic E-state index is 13.7. The number of nitriles is 1. The zero-order chi connectivity index (χ0) is 23.3. The van der Waals surface area contributed by atoms with Crippen LogP contribution in [0.1, 0.15) is 23.7 Å². The molecule has 33 heavy (non-hydrogen) atoms. The molecule has 2 aliphatic rings. The van der Waals surface area contributed by atoms with Crippen LogP contribution in [0.15, 0.2) is 30.5 Å². The number of ether oxygens (including phenoxy) is 1. The number of rotatable bonds is 4. The van der Waals surface area contributed by atoms with Gasteiger partial charge in [0.2, 0.25) is 0 Å². The second kappa shape index (κ2) is 7.60. The molecule has 9 nitrogen and oxygen atoms in total. The van der Waals surface area contributed by atoms with Gasteiger partial charge in [0.15, 0.2) is 11.6 Å². The van der Waals surface area contributed by atoms with Crippen molar-refractivity contribution in [2.75, 3.05) is 13.1 Å². The van der Waals surface area contributed by atoms with E-state index in [-0.39, 0.29) is 17.4 Å². The van der Waals surface area contributed by atoms with E-state index in [9.17, 15) is 24.2 Å². The Morgan fingerprint density at radius 1 is 1.30 bits per heavy atom. The first-order valence-electron chi connectivity index (χ1n) is 10.3. The highest BCUT2D eigenvalue weighted by Crippen LogP contribution is 2.33. The molecule has 1 unspecified atom stereocenters. The van der Waals surface area contributed by atoms with E-state index in [2.05, 4.69) is 20.9 Å². The van der Waals surface area contributed by atoms with Gasteiger partial charge in [0.1, 0.15) is 17.9 Å². The van der Waals surface area contributed by atoms with E-state index >= 15 is 0 Å². The first kappa shape index (κ1) is 21.0. The minimum Gasteiger partial charge on any atom is -0.436 e. The van der Waals surface area contributed by atoms with Crippen molar-refractivity contribution in [3.63, 3.8) is 0 Å². The monoisotopic (exact) mass is 452 g/mol. The van der Waals surface area contributed by atoms with E-state index in [1.807, 2.05) is 6.92 Å². The Morgan fingerprint density at radius 3 is 2.82 bits per heavy atom. The lowest BCUT2D eigenvalue weighted by molar-refractivity contribution is -0.389. The Kier molecular flexibility index (Phi) is 4.83. The number of fused-ring (bicyclic) bond motifs is 2. The topological polar surface area (TPSA) is 110 Å². The van der Waals surface area contributed by atoms with Gasteiger partial charge in [-0.3, -0.25) is 14.5 Å². The van der Waals surface area contributed by atoms with Gasteiger partial charge < -0.3 is 14.9 Å². The summed E-state index contributed by atoms with van der Waals surface area (Å²) in [6, 6.07) is 7.57. The van der Waals surface area contributed by atoms with Gasteiger partial charge in [-0.1, -0.05) is 0 Å². The van der Waals surface area contributed by atoms with Crippen molar-refractivity contribution in [1.29, 1.82) is 5.26 Å². The van der Waals surface area contributed by atoms with Crippen molar-refractivity contribution in [2.24, 2.45) is 0 Å². The van der Waals surface area contributed by atoms with Crippen molar-refractivity contribution in [3.8, 4) is 23.3 Å². The van der Waals surface area contributed by atoms with E-state index in [4.69, 9.17) is 4.74 Å². The third kappa shape index (κ3) is 3.78. The van der Waals surface area contributed by atoms with Crippen LogP contribution < -0.4 is 4.74 Å². The lowest BCUT2D eigenvalue weighted by atomic mass is 9.97. The van der Waals surface area contributed by atoms with Gasteiger partial charge in [0.25, 0.3) is 0 Å². The van der Waals surface area contributed by atoms with Crippen molar-refractivity contribution in [1.82, 2.24) is 19.4 Å². The molecule has 0 N–H and O–H groups in total. The highest BCUT2D eigenvalue weighted by molar-refractivity contribution is 5.67. The van der Waals surface area contributed by atoms with Crippen LogP contribution >= 0.6 is 0 Å². The number of hydrogen-bond acceptors (Lipinski definition) is 7. The van der Waals surface area contributed by atoms with Gasteiger partial charge in [-0.2, -0.15) is 5.26 Å². The fourth-order valence-electron chi connectivity index (χ4n) is 4.45. The molecule has 0 fully saturated rings. The average molecular weight is 452 g/mol. The van der Waals surface area contributed by atoms with Crippen LogP contribution in [0, 0.1) is 33.1 Å². The molecule has 4 heterocycles. The van der Waals surface area contributed by atoms with Gasteiger partial charge >= 0.3 is 11.8 Å². The van der Waals surface area contributed by atoms with Crippen LogP contribution in [0.2, 0.25) is 0 Å². The van der Waals surface area contributed by atoms with E-state index in [1.54, 1.807) is 10.6 Å². The molecule has 0 saturated carbocycles. The third-order valence-electron chi connectivity index (χ3n) is 5.88. The molecule has 1 aromatic carbocycles. The Labute approximate surface area is 187 Å². The quantitative estimate of drug-likeness (QED) is 0.442. The van der Waals surface area contributed by atoms with E-state index in [0.717, 1.165) is 23.4 Å². The Hall–Kier alpha value is -3.91. The molecule has 5 rings (SSSR count). The van der Waals surface area contributed by atoms with Crippen molar-refractivity contribution in [2.45, 2.75) is 32.0 Å². The molecule has 0 aliphatic carbocycles.